The van der Waals surface area contributed by atoms with Crippen molar-refractivity contribution in [2.45, 2.75) is 19.4 Å². The van der Waals surface area contributed by atoms with Gasteiger partial charge in [-0.05, 0) is 37.6 Å². The predicted molar refractivity (Wildman–Crippen MR) is 81.0 cm³/mol. The Labute approximate surface area is 122 Å². The molecule has 0 atom stereocenters. The van der Waals surface area contributed by atoms with Crippen molar-refractivity contribution in [3.8, 4) is 0 Å². The Hall–Kier alpha value is -0.690. The first kappa shape index (κ1) is 16.4. The summed E-state index contributed by atoms with van der Waals surface area (Å²) in [5.41, 5.74) is -0.267. The minimum absolute atomic E-state index is 0.0417. The molecule has 0 amide bonds. The molecule has 106 valence electrons. The van der Waals surface area contributed by atoms with Crippen LogP contribution in [0.4, 0.5) is 0 Å². The highest BCUT2D eigenvalue weighted by Gasteiger charge is 2.22. The van der Waals surface area contributed by atoms with Gasteiger partial charge in [0.05, 0.1) is 5.60 Å². The van der Waals surface area contributed by atoms with Crippen LogP contribution in [0.3, 0.4) is 0 Å². The second-order valence-electron chi connectivity index (χ2n) is 4.97. The van der Waals surface area contributed by atoms with E-state index < -0.39 is 15.6 Å². The molecule has 19 heavy (non-hydrogen) atoms. The second-order valence-corrected chi connectivity index (χ2v) is 7.81. The number of hydrogen-bond acceptors (Lipinski definition) is 3. The first-order valence-electron chi connectivity index (χ1n) is 5.72. The zero-order valence-corrected chi connectivity index (χ0v) is 13.6. The van der Waals surface area contributed by atoms with Gasteiger partial charge in [-0.1, -0.05) is 28.1 Å². The highest BCUT2D eigenvalue weighted by molar-refractivity contribution is 9.10. The molecular formula is C13H18BrNO3S. The first-order valence-corrected chi connectivity index (χ1v) is 8.02. The van der Waals surface area contributed by atoms with Crippen LogP contribution in [-0.2, 0) is 10.0 Å². The summed E-state index contributed by atoms with van der Waals surface area (Å²) in [5.74, 6) is 0. The van der Waals surface area contributed by atoms with Crippen molar-refractivity contribution in [2.24, 2.45) is 0 Å². The first-order chi connectivity index (χ1) is 8.60. The van der Waals surface area contributed by atoms with Crippen molar-refractivity contribution in [1.29, 1.82) is 0 Å². The van der Waals surface area contributed by atoms with E-state index in [2.05, 4.69) is 15.9 Å². The van der Waals surface area contributed by atoms with Gasteiger partial charge >= 0.3 is 0 Å². The lowest BCUT2D eigenvalue weighted by atomic mass is 10.1. The maximum Gasteiger partial charge on any atom is 0.236 e. The maximum atomic E-state index is 12.0. The molecule has 0 bridgehead atoms. The van der Waals surface area contributed by atoms with E-state index in [4.69, 9.17) is 0 Å². The fourth-order valence-corrected chi connectivity index (χ4v) is 2.77. The van der Waals surface area contributed by atoms with Gasteiger partial charge in [0, 0.05) is 23.5 Å². The van der Waals surface area contributed by atoms with E-state index in [0.717, 1.165) is 19.7 Å². The Bertz CT molecular complexity index is 544. The van der Waals surface area contributed by atoms with Crippen molar-refractivity contribution in [3.05, 3.63) is 39.7 Å². The summed E-state index contributed by atoms with van der Waals surface area (Å²) in [6.45, 7) is 3.18. The van der Waals surface area contributed by atoms with E-state index in [1.807, 2.05) is 24.3 Å². The van der Waals surface area contributed by atoms with Crippen LogP contribution in [0, 0.1) is 0 Å². The smallest absolute Gasteiger partial charge is 0.236 e. The highest BCUT2D eigenvalue weighted by atomic mass is 79.9. The van der Waals surface area contributed by atoms with Crippen LogP contribution >= 0.6 is 15.9 Å². The van der Waals surface area contributed by atoms with E-state index in [0.29, 0.717) is 0 Å². The quantitative estimate of drug-likeness (QED) is 0.889. The minimum atomic E-state index is -3.52. The topological polar surface area (TPSA) is 57.6 Å². The number of likely N-dealkylation sites (N-methyl/N-ethyl adjacent to an activating group) is 1. The minimum Gasteiger partial charge on any atom is -0.389 e. The van der Waals surface area contributed by atoms with Crippen molar-refractivity contribution in [2.75, 3.05) is 13.6 Å². The molecule has 1 rings (SSSR count). The summed E-state index contributed by atoms with van der Waals surface area (Å²) in [6.07, 6.45) is 1.53. The normalized spacial score (nSPS) is 13.4. The van der Waals surface area contributed by atoms with Crippen molar-refractivity contribution >= 4 is 32.0 Å². The predicted octanol–water partition coefficient (Wildman–Crippen LogP) is 2.45. The Morgan fingerprint density at radius 3 is 2.32 bits per heavy atom. The van der Waals surface area contributed by atoms with E-state index >= 15 is 0 Å². The number of aliphatic hydroxyl groups is 1. The molecule has 0 unspecified atom stereocenters. The number of nitrogens with zero attached hydrogens (tertiary/aromatic N) is 1. The van der Waals surface area contributed by atoms with Crippen LogP contribution in [0.15, 0.2) is 34.1 Å². The van der Waals surface area contributed by atoms with E-state index in [1.54, 1.807) is 13.8 Å². The Balaban J connectivity index is 2.82. The van der Waals surface area contributed by atoms with Gasteiger partial charge in [0.15, 0.2) is 0 Å². The maximum absolute atomic E-state index is 12.0. The third-order valence-corrected chi connectivity index (χ3v) is 4.35. The van der Waals surface area contributed by atoms with Crippen molar-refractivity contribution in [3.63, 3.8) is 0 Å². The van der Waals surface area contributed by atoms with Crippen LogP contribution in [0.25, 0.3) is 6.08 Å². The lowest BCUT2D eigenvalue weighted by Gasteiger charge is -2.23. The highest BCUT2D eigenvalue weighted by Crippen LogP contribution is 2.13. The van der Waals surface area contributed by atoms with Crippen LogP contribution in [0.5, 0.6) is 0 Å². The Morgan fingerprint density at radius 1 is 1.32 bits per heavy atom. The molecule has 0 spiro atoms. The van der Waals surface area contributed by atoms with Gasteiger partial charge in [0.25, 0.3) is 0 Å². The summed E-state index contributed by atoms with van der Waals surface area (Å²) in [5, 5.41) is 10.8. The standard InChI is InChI=1S/C13H18BrNO3S/c1-13(2,16)10-15(3)19(17,18)9-8-11-4-6-12(14)7-5-11/h4-9,16H,10H2,1-3H3/b9-8+. The zero-order chi connectivity index (χ0) is 14.7. The molecule has 4 nitrogen and oxygen atoms in total. The lowest BCUT2D eigenvalue weighted by molar-refractivity contribution is 0.0642. The number of hydrogen-bond donors (Lipinski definition) is 1. The van der Waals surface area contributed by atoms with Gasteiger partial charge < -0.3 is 5.11 Å². The van der Waals surface area contributed by atoms with E-state index in [9.17, 15) is 13.5 Å². The van der Waals surface area contributed by atoms with Crippen LogP contribution in [0.2, 0.25) is 0 Å². The molecule has 0 heterocycles. The van der Waals surface area contributed by atoms with Gasteiger partial charge in [0.1, 0.15) is 0 Å². The second kappa shape index (κ2) is 6.17. The molecule has 0 fully saturated rings. The molecular weight excluding hydrogens is 330 g/mol. The van der Waals surface area contributed by atoms with E-state index in [1.165, 1.54) is 13.1 Å². The summed E-state index contributed by atoms with van der Waals surface area (Å²) in [7, 11) is -2.08. The number of sulfonamides is 1. The summed E-state index contributed by atoms with van der Waals surface area (Å²) >= 11 is 3.31. The van der Waals surface area contributed by atoms with E-state index in [-0.39, 0.29) is 6.54 Å². The molecule has 1 N–H and O–H groups in total. The van der Waals surface area contributed by atoms with Crippen molar-refractivity contribution in [1.82, 2.24) is 4.31 Å². The summed E-state index contributed by atoms with van der Waals surface area (Å²) in [6, 6.07) is 7.30. The number of rotatable bonds is 5. The van der Waals surface area contributed by atoms with Gasteiger partial charge in [-0.2, -0.15) is 4.31 Å². The van der Waals surface area contributed by atoms with Crippen LogP contribution < -0.4 is 0 Å². The molecule has 0 aliphatic carbocycles. The SMILES string of the molecule is CN(CC(C)(C)O)S(=O)(=O)/C=C/c1ccc(Br)cc1. The van der Waals surface area contributed by atoms with Crippen molar-refractivity contribution < 1.29 is 13.5 Å². The Morgan fingerprint density at radius 2 is 1.84 bits per heavy atom. The number of benzene rings is 1. The van der Waals surface area contributed by atoms with Gasteiger partial charge in [0.2, 0.25) is 10.0 Å². The van der Waals surface area contributed by atoms with Gasteiger partial charge in [-0.25, -0.2) is 8.42 Å². The van der Waals surface area contributed by atoms with Crippen LogP contribution in [0.1, 0.15) is 19.4 Å². The third-order valence-electron chi connectivity index (χ3n) is 2.35. The average Bonchev–Trinajstić information content (AvgIpc) is 2.26. The summed E-state index contributed by atoms with van der Waals surface area (Å²) in [4.78, 5) is 0. The molecule has 0 aliphatic heterocycles. The summed E-state index contributed by atoms with van der Waals surface area (Å²) < 4.78 is 26.0. The molecule has 1 aromatic rings. The Kier molecular flexibility index (Phi) is 5.32. The third kappa shape index (κ3) is 5.86. The lowest BCUT2D eigenvalue weighted by Crippen LogP contribution is -2.38. The molecule has 0 aliphatic rings. The molecule has 0 saturated carbocycles. The molecule has 6 heteroatoms. The molecule has 0 saturated heterocycles. The van der Waals surface area contributed by atoms with Gasteiger partial charge in [-0.15, -0.1) is 0 Å². The molecule has 0 radical (unpaired) electrons. The number of halogens is 1. The molecule has 1 aromatic carbocycles. The zero-order valence-electron chi connectivity index (χ0n) is 11.2. The fraction of sp³-hybridized carbons (Fsp3) is 0.385. The molecule has 0 aromatic heterocycles. The van der Waals surface area contributed by atoms with Gasteiger partial charge in [-0.3, -0.25) is 0 Å². The average molecular weight is 348 g/mol. The monoisotopic (exact) mass is 347 g/mol. The largest absolute Gasteiger partial charge is 0.389 e. The fourth-order valence-electron chi connectivity index (χ4n) is 1.48. The van der Waals surface area contributed by atoms with Crippen LogP contribution in [-0.4, -0.2) is 37.0 Å².